The van der Waals surface area contributed by atoms with E-state index in [9.17, 15) is 10.1 Å². The Morgan fingerprint density at radius 3 is 3.10 bits per heavy atom. The van der Waals surface area contributed by atoms with Gasteiger partial charge in [-0.2, -0.15) is 0 Å². The normalized spacial score (nSPS) is 21.4. The first-order valence-electron chi connectivity index (χ1n) is 2.89. The molecule has 1 aliphatic rings. The predicted octanol–water partition coefficient (Wildman–Crippen LogP) is -0.456. The quantitative estimate of drug-likeness (QED) is 0.400. The molecule has 0 atom stereocenters. The van der Waals surface area contributed by atoms with E-state index in [1.54, 1.807) is 0 Å². The van der Waals surface area contributed by atoms with Crippen LogP contribution in [0.1, 0.15) is 6.42 Å². The summed E-state index contributed by atoms with van der Waals surface area (Å²) in [4.78, 5) is 9.77. The summed E-state index contributed by atoms with van der Waals surface area (Å²) >= 11 is 0. The molecular formula is C4H7N3O3. The summed E-state index contributed by atoms with van der Waals surface area (Å²) in [6, 6.07) is 0.0104. The van der Waals surface area contributed by atoms with Crippen molar-refractivity contribution < 1.29 is 9.77 Å². The van der Waals surface area contributed by atoms with Gasteiger partial charge in [-0.15, -0.1) is 0 Å². The van der Waals surface area contributed by atoms with E-state index in [0.29, 0.717) is 13.2 Å². The summed E-state index contributed by atoms with van der Waals surface area (Å²) in [6.45, 7) is 1.19. The van der Waals surface area contributed by atoms with Gasteiger partial charge in [0.2, 0.25) is 0 Å². The second-order valence-corrected chi connectivity index (χ2v) is 1.77. The standard InChI is InChI=1S/C4H7N3O3/c8-7(9)6-4-5-2-1-3-10-4/h1-3H2,(H,5,6). The van der Waals surface area contributed by atoms with Crippen molar-refractivity contribution in [2.45, 2.75) is 6.42 Å². The molecule has 1 N–H and O–H groups in total. The minimum absolute atomic E-state index is 0.0104. The van der Waals surface area contributed by atoms with Crippen LogP contribution in [0.4, 0.5) is 0 Å². The van der Waals surface area contributed by atoms with E-state index in [4.69, 9.17) is 4.74 Å². The maximum atomic E-state index is 9.77. The SMILES string of the molecule is O=[N+]([O-])N=C1NCCCO1. The van der Waals surface area contributed by atoms with Crippen molar-refractivity contribution in [2.24, 2.45) is 5.10 Å². The highest BCUT2D eigenvalue weighted by atomic mass is 16.7. The number of amidine groups is 1. The number of nitrogens with zero attached hydrogens (tertiary/aromatic N) is 2. The third-order valence-electron chi connectivity index (χ3n) is 1.01. The second-order valence-electron chi connectivity index (χ2n) is 1.77. The minimum Gasteiger partial charge on any atom is -0.461 e. The Hall–Kier alpha value is -1.33. The molecular weight excluding hydrogens is 138 g/mol. The Morgan fingerprint density at radius 2 is 2.60 bits per heavy atom. The predicted molar refractivity (Wildman–Crippen MR) is 33.0 cm³/mol. The van der Waals surface area contributed by atoms with Gasteiger partial charge in [0.15, 0.2) is 5.03 Å². The Kier molecular flexibility index (Phi) is 2.03. The molecule has 0 spiro atoms. The van der Waals surface area contributed by atoms with Crippen LogP contribution in [0.3, 0.4) is 0 Å². The lowest BCUT2D eigenvalue weighted by molar-refractivity contribution is -0.486. The summed E-state index contributed by atoms with van der Waals surface area (Å²) < 4.78 is 4.79. The van der Waals surface area contributed by atoms with Gasteiger partial charge in [-0.3, -0.25) is 0 Å². The van der Waals surface area contributed by atoms with E-state index < -0.39 is 5.03 Å². The number of hydrazone groups is 1. The van der Waals surface area contributed by atoms with Crippen LogP contribution < -0.4 is 5.32 Å². The molecule has 1 rings (SSSR count). The summed E-state index contributed by atoms with van der Waals surface area (Å²) in [7, 11) is 0. The monoisotopic (exact) mass is 145 g/mol. The van der Waals surface area contributed by atoms with Gasteiger partial charge >= 0.3 is 6.02 Å². The Bertz CT molecular complexity index is 159. The Balaban J connectivity index is 2.45. The van der Waals surface area contributed by atoms with E-state index in [0.717, 1.165) is 6.42 Å². The van der Waals surface area contributed by atoms with E-state index >= 15 is 0 Å². The maximum Gasteiger partial charge on any atom is 0.359 e. The summed E-state index contributed by atoms with van der Waals surface area (Å²) in [5, 5.41) is 14.6. The molecule has 0 aromatic heterocycles. The van der Waals surface area contributed by atoms with Crippen LogP contribution in [0, 0.1) is 10.1 Å². The molecule has 56 valence electrons. The molecule has 6 heteroatoms. The Labute approximate surface area is 57.0 Å². The minimum atomic E-state index is -0.784. The number of ether oxygens (including phenoxy) is 1. The number of nitrogens with one attached hydrogen (secondary N) is 1. The van der Waals surface area contributed by atoms with Gasteiger partial charge in [0.25, 0.3) is 0 Å². The largest absolute Gasteiger partial charge is 0.461 e. The molecule has 0 bridgehead atoms. The topological polar surface area (TPSA) is 76.8 Å². The van der Waals surface area contributed by atoms with Gasteiger partial charge in [0, 0.05) is 6.54 Å². The van der Waals surface area contributed by atoms with Crippen molar-refractivity contribution in [1.82, 2.24) is 5.32 Å². The zero-order valence-corrected chi connectivity index (χ0v) is 5.24. The van der Waals surface area contributed by atoms with Gasteiger partial charge in [0.1, 0.15) is 5.10 Å². The van der Waals surface area contributed by atoms with Crippen LogP contribution in [0.15, 0.2) is 5.10 Å². The average Bonchev–Trinajstić information content (AvgIpc) is 1.88. The summed E-state index contributed by atoms with van der Waals surface area (Å²) in [6.07, 6.45) is 0.858. The van der Waals surface area contributed by atoms with Crippen molar-refractivity contribution in [3.8, 4) is 0 Å². The lowest BCUT2D eigenvalue weighted by Gasteiger charge is -2.12. The zero-order chi connectivity index (χ0) is 7.40. The van der Waals surface area contributed by atoms with Crippen LogP contribution >= 0.6 is 0 Å². The molecule has 0 radical (unpaired) electrons. The lowest BCUT2D eigenvalue weighted by Crippen LogP contribution is -2.34. The van der Waals surface area contributed by atoms with Gasteiger partial charge in [-0.25, -0.2) is 10.1 Å². The van der Waals surface area contributed by atoms with Crippen LogP contribution in [0.25, 0.3) is 0 Å². The highest BCUT2D eigenvalue weighted by Gasteiger charge is 2.09. The zero-order valence-electron chi connectivity index (χ0n) is 5.24. The fourth-order valence-corrected chi connectivity index (χ4v) is 0.626. The molecule has 1 fully saturated rings. The fraction of sp³-hybridized carbons (Fsp3) is 0.750. The average molecular weight is 145 g/mol. The van der Waals surface area contributed by atoms with Crippen molar-refractivity contribution >= 4 is 6.02 Å². The van der Waals surface area contributed by atoms with Crippen LogP contribution in [-0.4, -0.2) is 24.2 Å². The number of nitro groups is 1. The first kappa shape index (κ1) is 6.79. The van der Waals surface area contributed by atoms with Crippen LogP contribution in [0.5, 0.6) is 0 Å². The van der Waals surface area contributed by atoms with E-state index in [1.165, 1.54) is 0 Å². The molecule has 0 amide bonds. The molecule has 0 unspecified atom stereocenters. The number of hydrogen-bond donors (Lipinski definition) is 1. The maximum absolute atomic E-state index is 9.77. The van der Waals surface area contributed by atoms with Crippen molar-refractivity contribution in [3.63, 3.8) is 0 Å². The number of rotatable bonds is 1. The number of hydrogen-bond acceptors (Lipinski definition) is 3. The summed E-state index contributed by atoms with van der Waals surface area (Å²) in [5.74, 6) is 0. The summed E-state index contributed by atoms with van der Waals surface area (Å²) in [5.41, 5.74) is 0. The first-order chi connectivity index (χ1) is 4.79. The van der Waals surface area contributed by atoms with Crippen molar-refractivity contribution in [1.29, 1.82) is 0 Å². The highest BCUT2D eigenvalue weighted by molar-refractivity contribution is 5.73. The van der Waals surface area contributed by atoms with Gasteiger partial charge < -0.3 is 10.1 Å². The molecule has 0 saturated carbocycles. The molecule has 0 aromatic rings. The van der Waals surface area contributed by atoms with E-state index in [2.05, 4.69) is 10.4 Å². The molecule has 6 nitrogen and oxygen atoms in total. The van der Waals surface area contributed by atoms with Crippen LogP contribution in [0.2, 0.25) is 0 Å². The molecule has 0 aromatic carbocycles. The second kappa shape index (κ2) is 3.00. The molecule has 1 aliphatic heterocycles. The van der Waals surface area contributed by atoms with Gasteiger partial charge in [-0.05, 0) is 6.42 Å². The third-order valence-corrected chi connectivity index (χ3v) is 1.01. The van der Waals surface area contributed by atoms with Gasteiger partial charge in [-0.1, -0.05) is 0 Å². The Morgan fingerprint density at radius 1 is 1.80 bits per heavy atom. The van der Waals surface area contributed by atoms with Crippen molar-refractivity contribution in [3.05, 3.63) is 10.1 Å². The molecule has 0 aliphatic carbocycles. The first-order valence-corrected chi connectivity index (χ1v) is 2.89. The van der Waals surface area contributed by atoms with Crippen molar-refractivity contribution in [2.75, 3.05) is 13.2 Å². The van der Waals surface area contributed by atoms with Crippen LogP contribution in [-0.2, 0) is 4.74 Å². The van der Waals surface area contributed by atoms with E-state index in [-0.39, 0.29) is 6.02 Å². The fourth-order valence-electron chi connectivity index (χ4n) is 0.626. The molecule has 1 saturated heterocycles. The smallest absolute Gasteiger partial charge is 0.359 e. The third kappa shape index (κ3) is 1.88. The van der Waals surface area contributed by atoms with Gasteiger partial charge in [0.05, 0.1) is 6.61 Å². The molecule has 10 heavy (non-hydrogen) atoms. The highest BCUT2D eigenvalue weighted by Crippen LogP contribution is 1.90. The lowest BCUT2D eigenvalue weighted by atomic mass is 10.4. The van der Waals surface area contributed by atoms with E-state index in [1.807, 2.05) is 0 Å². The molecule has 1 heterocycles.